The van der Waals surface area contributed by atoms with Crippen LogP contribution in [0.25, 0.3) is 0 Å². The summed E-state index contributed by atoms with van der Waals surface area (Å²) in [5.74, 6) is 0. The molecule has 1 saturated heterocycles. The van der Waals surface area contributed by atoms with Gasteiger partial charge >= 0.3 is 6.09 Å². The third-order valence-corrected chi connectivity index (χ3v) is 3.08. The first-order chi connectivity index (χ1) is 9.62. The molecule has 0 bridgehead atoms. The molecule has 1 fully saturated rings. The van der Waals surface area contributed by atoms with Crippen LogP contribution in [0.3, 0.4) is 0 Å². The largest absolute Gasteiger partial charge is 0.453 e. The number of carbonyl (C=O) groups excluding carboxylic acids is 1. The Morgan fingerprint density at radius 3 is 2.80 bits per heavy atom. The number of nitrogens with one attached hydrogen (secondary N) is 3. The normalized spacial score (nSPS) is 19.4. The fourth-order valence-corrected chi connectivity index (χ4v) is 2.00. The van der Waals surface area contributed by atoms with Gasteiger partial charge in [0.2, 0.25) is 0 Å². The van der Waals surface area contributed by atoms with E-state index in [0.717, 1.165) is 25.2 Å². The molecule has 3 N–H and O–H groups in total. The van der Waals surface area contributed by atoms with E-state index in [9.17, 15) is 4.79 Å². The SMILES string of the molecule is C=CN(N/C(C)=C(\C=C/C)NC(=O)OC)C1CCNC1. The molecule has 0 aromatic carbocycles. The van der Waals surface area contributed by atoms with Gasteiger partial charge in [-0.3, -0.25) is 10.3 Å². The van der Waals surface area contributed by atoms with Crippen molar-refractivity contribution in [3.05, 3.63) is 36.3 Å². The van der Waals surface area contributed by atoms with Crippen molar-refractivity contribution in [2.45, 2.75) is 26.3 Å². The van der Waals surface area contributed by atoms with Gasteiger partial charge in [-0.2, -0.15) is 0 Å². The molecule has 0 saturated carbocycles. The number of hydrazine groups is 1. The van der Waals surface area contributed by atoms with Crippen molar-refractivity contribution in [1.82, 2.24) is 21.1 Å². The van der Waals surface area contributed by atoms with Crippen molar-refractivity contribution in [2.24, 2.45) is 0 Å². The van der Waals surface area contributed by atoms with Crippen molar-refractivity contribution in [1.29, 1.82) is 0 Å². The minimum absolute atomic E-state index is 0.354. The molecule has 6 heteroatoms. The number of ether oxygens (including phenoxy) is 1. The summed E-state index contributed by atoms with van der Waals surface area (Å²) in [6, 6.07) is 0.354. The standard InChI is InChI=1S/C14H24N4O2/c1-5-7-13(16-14(19)20-4)11(3)17-18(6-2)12-8-9-15-10-12/h5-7,12,15,17H,2,8-10H2,1,3-4H3,(H,16,19)/b7-5-,13-11+. The van der Waals surface area contributed by atoms with E-state index < -0.39 is 6.09 Å². The van der Waals surface area contributed by atoms with Gasteiger partial charge in [0.1, 0.15) is 0 Å². The van der Waals surface area contributed by atoms with Gasteiger partial charge < -0.3 is 15.5 Å². The lowest BCUT2D eigenvalue weighted by Crippen LogP contribution is -2.42. The molecule has 0 spiro atoms. The van der Waals surface area contributed by atoms with E-state index in [2.05, 4.69) is 27.4 Å². The smallest absolute Gasteiger partial charge is 0.411 e. The molecule has 20 heavy (non-hydrogen) atoms. The Labute approximate surface area is 120 Å². The molecule has 1 atom stereocenters. The first-order valence-corrected chi connectivity index (χ1v) is 6.69. The van der Waals surface area contributed by atoms with Gasteiger partial charge in [0, 0.05) is 12.7 Å². The Morgan fingerprint density at radius 1 is 1.55 bits per heavy atom. The Balaban J connectivity index is 2.79. The number of carbonyl (C=O) groups is 1. The summed E-state index contributed by atoms with van der Waals surface area (Å²) in [5, 5.41) is 7.94. The lowest BCUT2D eigenvalue weighted by Gasteiger charge is -2.29. The lowest BCUT2D eigenvalue weighted by atomic mass is 10.2. The average Bonchev–Trinajstić information content (AvgIpc) is 2.97. The van der Waals surface area contributed by atoms with Crippen molar-refractivity contribution in [3.63, 3.8) is 0 Å². The molecule has 0 aromatic heterocycles. The van der Waals surface area contributed by atoms with E-state index >= 15 is 0 Å². The second-order valence-corrected chi connectivity index (χ2v) is 4.50. The molecular formula is C14H24N4O2. The first kappa shape index (κ1) is 16.1. The highest BCUT2D eigenvalue weighted by atomic mass is 16.5. The van der Waals surface area contributed by atoms with Crippen LogP contribution in [0.1, 0.15) is 20.3 Å². The molecule has 6 nitrogen and oxygen atoms in total. The molecule has 1 rings (SSSR count). The zero-order valence-electron chi connectivity index (χ0n) is 12.4. The third kappa shape index (κ3) is 4.62. The summed E-state index contributed by atoms with van der Waals surface area (Å²) in [7, 11) is 1.34. The molecule has 0 aromatic rings. The van der Waals surface area contributed by atoms with Gasteiger partial charge in [0.25, 0.3) is 0 Å². The summed E-state index contributed by atoms with van der Waals surface area (Å²) < 4.78 is 4.62. The molecule has 1 aliphatic rings. The maximum atomic E-state index is 11.3. The Bertz CT molecular complexity index is 398. The zero-order valence-corrected chi connectivity index (χ0v) is 12.4. The van der Waals surface area contributed by atoms with Crippen LogP contribution in [0.5, 0.6) is 0 Å². The predicted molar refractivity (Wildman–Crippen MR) is 79.5 cm³/mol. The molecule has 112 valence electrons. The number of alkyl carbamates (subject to hydrolysis) is 1. The summed E-state index contributed by atoms with van der Waals surface area (Å²) in [4.78, 5) is 11.3. The van der Waals surface area contributed by atoms with Crippen molar-refractivity contribution >= 4 is 6.09 Å². The van der Waals surface area contributed by atoms with Crippen molar-refractivity contribution < 1.29 is 9.53 Å². The third-order valence-electron chi connectivity index (χ3n) is 3.08. The Morgan fingerprint density at radius 2 is 2.30 bits per heavy atom. The Kier molecular flexibility index (Phi) is 6.66. The molecule has 1 amide bonds. The van der Waals surface area contributed by atoms with Gasteiger partial charge in [0.05, 0.1) is 24.5 Å². The molecular weight excluding hydrogens is 256 g/mol. The zero-order chi connectivity index (χ0) is 15.0. The maximum absolute atomic E-state index is 11.3. The number of allylic oxidation sites excluding steroid dienone is 3. The predicted octanol–water partition coefficient (Wildman–Crippen LogP) is 1.46. The number of methoxy groups -OCH3 is 1. The summed E-state index contributed by atoms with van der Waals surface area (Å²) >= 11 is 0. The lowest BCUT2D eigenvalue weighted by molar-refractivity contribution is 0.174. The molecule has 1 heterocycles. The van der Waals surface area contributed by atoms with Gasteiger partial charge in [-0.1, -0.05) is 12.7 Å². The second-order valence-electron chi connectivity index (χ2n) is 4.50. The first-order valence-electron chi connectivity index (χ1n) is 6.69. The quantitative estimate of drug-likeness (QED) is 0.508. The highest BCUT2D eigenvalue weighted by Gasteiger charge is 2.20. The van der Waals surface area contributed by atoms with E-state index in [1.54, 1.807) is 6.20 Å². The second kappa shape index (κ2) is 8.27. The molecule has 0 radical (unpaired) electrons. The van der Waals surface area contributed by atoms with Crippen molar-refractivity contribution in [2.75, 3.05) is 20.2 Å². The van der Waals surface area contributed by atoms with Crippen LogP contribution in [-0.2, 0) is 4.74 Å². The summed E-state index contributed by atoms with van der Waals surface area (Å²) in [6.07, 6.45) is 5.98. The van der Waals surface area contributed by atoms with E-state index in [1.807, 2.05) is 31.0 Å². The minimum atomic E-state index is -0.494. The van der Waals surface area contributed by atoms with Crippen LogP contribution in [0, 0.1) is 0 Å². The van der Waals surface area contributed by atoms with Crippen LogP contribution in [0.4, 0.5) is 4.79 Å². The topological polar surface area (TPSA) is 65.6 Å². The number of rotatable bonds is 6. The summed E-state index contributed by atoms with van der Waals surface area (Å²) in [5.41, 5.74) is 4.74. The van der Waals surface area contributed by atoms with Gasteiger partial charge in [-0.05, 0) is 32.9 Å². The van der Waals surface area contributed by atoms with E-state index in [0.29, 0.717) is 11.7 Å². The van der Waals surface area contributed by atoms with Gasteiger partial charge in [-0.25, -0.2) is 4.79 Å². The van der Waals surface area contributed by atoms with Gasteiger partial charge in [0.15, 0.2) is 0 Å². The highest BCUT2D eigenvalue weighted by molar-refractivity contribution is 5.70. The number of nitrogens with zero attached hydrogens (tertiary/aromatic N) is 1. The molecule has 1 unspecified atom stereocenters. The van der Waals surface area contributed by atoms with Crippen LogP contribution in [-0.4, -0.2) is 37.3 Å². The average molecular weight is 280 g/mol. The highest BCUT2D eigenvalue weighted by Crippen LogP contribution is 2.09. The van der Waals surface area contributed by atoms with Crippen molar-refractivity contribution in [3.8, 4) is 0 Å². The number of amides is 1. The van der Waals surface area contributed by atoms with Crippen LogP contribution < -0.4 is 16.1 Å². The fourth-order valence-electron chi connectivity index (χ4n) is 2.00. The van der Waals surface area contributed by atoms with Crippen LogP contribution in [0.2, 0.25) is 0 Å². The maximum Gasteiger partial charge on any atom is 0.411 e. The fraction of sp³-hybridized carbons (Fsp3) is 0.500. The monoisotopic (exact) mass is 280 g/mol. The number of hydrogen-bond acceptors (Lipinski definition) is 5. The molecule has 1 aliphatic heterocycles. The van der Waals surface area contributed by atoms with Gasteiger partial charge in [-0.15, -0.1) is 0 Å². The minimum Gasteiger partial charge on any atom is -0.453 e. The van der Waals surface area contributed by atoms with Crippen LogP contribution >= 0.6 is 0 Å². The van der Waals surface area contributed by atoms with E-state index in [-0.39, 0.29) is 0 Å². The number of hydrogen-bond donors (Lipinski definition) is 3. The molecule has 0 aliphatic carbocycles. The van der Waals surface area contributed by atoms with E-state index in [1.165, 1.54) is 7.11 Å². The van der Waals surface area contributed by atoms with E-state index in [4.69, 9.17) is 0 Å². The Hall–Kier alpha value is -1.95. The van der Waals surface area contributed by atoms with Crippen LogP contribution in [0.15, 0.2) is 36.3 Å². The summed E-state index contributed by atoms with van der Waals surface area (Å²) in [6.45, 7) is 9.52.